The maximum atomic E-state index is 13.5. The summed E-state index contributed by atoms with van der Waals surface area (Å²) in [4.78, 5) is 35.3. The molecule has 0 saturated carbocycles. The van der Waals surface area contributed by atoms with Crippen molar-refractivity contribution in [1.82, 2.24) is 14.5 Å². The Morgan fingerprint density at radius 3 is 2.39 bits per heavy atom. The van der Waals surface area contributed by atoms with Gasteiger partial charge in [-0.2, -0.15) is 0 Å². The molecular weight excluding hydrogens is 388 g/mol. The molecule has 0 N–H and O–H groups in total. The van der Waals surface area contributed by atoms with Gasteiger partial charge in [-0.1, -0.05) is 38.1 Å². The number of hydrogen-bond donors (Lipinski definition) is 0. The normalized spacial score (nSPS) is 15.5. The average Bonchev–Trinajstić information content (AvgIpc) is 2.77. The summed E-state index contributed by atoms with van der Waals surface area (Å²) >= 11 is 0. The van der Waals surface area contributed by atoms with Crippen molar-refractivity contribution >= 4 is 22.5 Å². The largest absolute Gasteiger partial charge is 0.368 e. The predicted octanol–water partition coefficient (Wildman–Crippen LogP) is 3.56. The molecule has 1 aromatic heterocycles. The van der Waals surface area contributed by atoms with E-state index < -0.39 is 6.04 Å². The molecule has 0 spiro atoms. The van der Waals surface area contributed by atoms with Crippen LogP contribution in [0.3, 0.4) is 0 Å². The van der Waals surface area contributed by atoms with Crippen LogP contribution in [0.5, 0.6) is 0 Å². The minimum atomic E-state index is -0.558. The summed E-state index contributed by atoms with van der Waals surface area (Å²) in [5, 5.41) is 0.545. The van der Waals surface area contributed by atoms with Gasteiger partial charge >= 0.3 is 0 Å². The number of nitrogens with zero attached hydrogens (tertiary/aromatic N) is 4. The van der Waals surface area contributed by atoms with Gasteiger partial charge in [0.1, 0.15) is 6.04 Å². The first-order chi connectivity index (χ1) is 14.9. The van der Waals surface area contributed by atoms with E-state index in [2.05, 4.69) is 41.9 Å². The maximum Gasteiger partial charge on any atom is 0.261 e. The van der Waals surface area contributed by atoms with Crippen molar-refractivity contribution < 1.29 is 4.79 Å². The number of amides is 1. The van der Waals surface area contributed by atoms with E-state index in [-0.39, 0.29) is 17.4 Å². The van der Waals surface area contributed by atoms with E-state index in [0.717, 1.165) is 13.1 Å². The number of para-hydroxylation sites is 1. The van der Waals surface area contributed by atoms with E-state index in [9.17, 15) is 9.59 Å². The molecule has 1 fully saturated rings. The molecule has 2 heterocycles. The Morgan fingerprint density at radius 1 is 0.968 bits per heavy atom. The van der Waals surface area contributed by atoms with Crippen LogP contribution in [0.2, 0.25) is 0 Å². The molecule has 0 bridgehead atoms. The Morgan fingerprint density at radius 2 is 1.68 bits per heavy atom. The average molecular weight is 419 g/mol. The van der Waals surface area contributed by atoms with Crippen LogP contribution in [0.15, 0.2) is 53.6 Å². The highest BCUT2D eigenvalue weighted by molar-refractivity contribution is 5.82. The first kappa shape index (κ1) is 21.1. The van der Waals surface area contributed by atoms with Crippen LogP contribution in [-0.4, -0.2) is 46.5 Å². The van der Waals surface area contributed by atoms with Gasteiger partial charge in [0.05, 0.1) is 17.2 Å². The third kappa shape index (κ3) is 3.94. The van der Waals surface area contributed by atoms with Gasteiger partial charge in [0.15, 0.2) is 0 Å². The fraction of sp³-hybridized carbons (Fsp3) is 0.400. The molecule has 1 amide bonds. The standard InChI is InChI=1S/C25H30N4O2/c1-17(2)23(29-16-26-21-10-6-5-9-20(21)24(29)30)25(31)28-14-12-27(13-15-28)22-11-7-8-18(3)19(22)4/h5-11,16-17,23H,12-15H2,1-4H3/t23-/m0/s1. The second-order valence-electron chi connectivity index (χ2n) is 8.69. The number of carbonyl (C=O) groups excluding carboxylic acids is 1. The molecule has 0 aliphatic carbocycles. The van der Waals surface area contributed by atoms with Gasteiger partial charge in [-0.3, -0.25) is 14.2 Å². The topological polar surface area (TPSA) is 58.4 Å². The Balaban J connectivity index is 1.56. The van der Waals surface area contributed by atoms with Crippen LogP contribution >= 0.6 is 0 Å². The summed E-state index contributed by atoms with van der Waals surface area (Å²) in [5.41, 5.74) is 4.30. The predicted molar refractivity (Wildman–Crippen MR) is 125 cm³/mol. The highest BCUT2D eigenvalue weighted by Crippen LogP contribution is 2.26. The summed E-state index contributed by atoms with van der Waals surface area (Å²) in [6.45, 7) is 11.1. The summed E-state index contributed by atoms with van der Waals surface area (Å²) in [6.07, 6.45) is 1.53. The van der Waals surface area contributed by atoms with Gasteiger partial charge in [0, 0.05) is 31.9 Å². The second-order valence-corrected chi connectivity index (χ2v) is 8.69. The quantitative estimate of drug-likeness (QED) is 0.650. The van der Waals surface area contributed by atoms with E-state index >= 15 is 0 Å². The van der Waals surface area contributed by atoms with E-state index in [0.29, 0.717) is 24.0 Å². The van der Waals surface area contributed by atoms with Crippen LogP contribution < -0.4 is 10.5 Å². The molecular formula is C25H30N4O2. The van der Waals surface area contributed by atoms with Crippen LogP contribution in [0.4, 0.5) is 5.69 Å². The van der Waals surface area contributed by atoms with Crippen molar-refractivity contribution in [2.24, 2.45) is 5.92 Å². The third-order valence-corrected chi connectivity index (χ3v) is 6.38. The number of aryl methyl sites for hydroxylation is 1. The van der Waals surface area contributed by atoms with E-state index in [1.165, 1.54) is 27.7 Å². The lowest BCUT2D eigenvalue weighted by Crippen LogP contribution is -2.52. The number of benzene rings is 2. The number of carbonyl (C=O) groups is 1. The number of anilines is 1. The number of piperazine rings is 1. The van der Waals surface area contributed by atoms with Crippen LogP contribution in [0.25, 0.3) is 10.9 Å². The molecule has 6 nitrogen and oxygen atoms in total. The molecule has 0 unspecified atom stereocenters. The lowest BCUT2D eigenvalue weighted by Gasteiger charge is -2.39. The fourth-order valence-electron chi connectivity index (χ4n) is 4.44. The van der Waals surface area contributed by atoms with Gasteiger partial charge in [-0.25, -0.2) is 4.98 Å². The van der Waals surface area contributed by atoms with Crippen molar-refractivity contribution in [3.8, 4) is 0 Å². The summed E-state index contributed by atoms with van der Waals surface area (Å²) < 4.78 is 1.52. The molecule has 31 heavy (non-hydrogen) atoms. The Kier molecular flexibility index (Phi) is 5.81. The molecule has 1 saturated heterocycles. The number of rotatable bonds is 4. The zero-order chi connectivity index (χ0) is 22.1. The zero-order valence-corrected chi connectivity index (χ0v) is 18.7. The molecule has 162 valence electrons. The summed E-state index contributed by atoms with van der Waals surface area (Å²) in [6, 6.07) is 13.1. The van der Waals surface area contributed by atoms with Crippen molar-refractivity contribution in [2.75, 3.05) is 31.1 Å². The minimum absolute atomic E-state index is 0.00482. The van der Waals surface area contributed by atoms with Gasteiger partial charge in [0.2, 0.25) is 5.91 Å². The smallest absolute Gasteiger partial charge is 0.261 e. The van der Waals surface area contributed by atoms with Crippen molar-refractivity contribution in [3.63, 3.8) is 0 Å². The van der Waals surface area contributed by atoms with Gasteiger partial charge < -0.3 is 9.80 Å². The fourth-order valence-corrected chi connectivity index (χ4v) is 4.44. The second kappa shape index (κ2) is 8.53. The Bertz CT molecular complexity index is 1160. The summed E-state index contributed by atoms with van der Waals surface area (Å²) in [5.74, 6) is -0.0278. The number of hydrogen-bond acceptors (Lipinski definition) is 4. The Labute approximate surface area is 183 Å². The number of aromatic nitrogens is 2. The van der Waals surface area contributed by atoms with Crippen LogP contribution in [-0.2, 0) is 4.79 Å². The lowest BCUT2D eigenvalue weighted by molar-refractivity contribution is -0.136. The maximum absolute atomic E-state index is 13.5. The van der Waals surface area contributed by atoms with Crippen LogP contribution in [0.1, 0.15) is 31.0 Å². The third-order valence-electron chi connectivity index (χ3n) is 6.38. The highest BCUT2D eigenvalue weighted by Gasteiger charge is 2.32. The van der Waals surface area contributed by atoms with Gasteiger partial charge in [-0.15, -0.1) is 0 Å². The van der Waals surface area contributed by atoms with Gasteiger partial charge in [-0.05, 0) is 49.1 Å². The monoisotopic (exact) mass is 418 g/mol. The van der Waals surface area contributed by atoms with E-state index in [1.807, 2.05) is 36.9 Å². The molecule has 1 atom stereocenters. The molecule has 4 rings (SSSR count). The van der Waals surface area contributed by atoms with Gasteiger partial charge in [0.25, 0.3) is 5.56 Å². The molecule has 0 radical (unpaired) electrons. The molecule has 1 aliphatic heterocycles. The van der Waals surface area contributed by atoms with Crippen molar-refractivity contribution in [3.05, 3.63) is 70.3 Å². The molecule has 1 aliphatic rings. The molecule has 6 heteroatoms. The first-order valence-corrected chi connectivity index (χ1v) is 10.9. The Hall–Kier alpha value is -3.15. The number of fused-ring (bicyclic) bond motifs is 1. The van der Waals surface area contributed by atoms with Crippen molar-refractivity contribution in [2.45, 2.75) is 33.7 Å². The first-order valence-electron chi connectivity index (χ1n) is 10.9. The lowest BCUT2D eigenvalue weighted by atomic mass is 10.0. The molecule has 3 aromatic rings. The molecule has 2 aromatic carbocycles. The van der Waals surface area contributed by atoms with E-state index in [1.54, 1.807) is 6.07 Å². The minimum Gasteiger partial charge on any atom is -0.368 e. The zero-order valence-electron chi connectivity index (χ0n) is 18.7. The van der Waals surface area contributed by atoms with E-state index in [4.69, 9.17) is 0 Å². The van der Waals surface area contributed by atoms with Crippen molar-refractivity contribution in [1.29, 1.82) is 0 Å². The SMILES string of the molecule is Cc1cccc(N2CCN(C(=O)[C@H](C(C)C)n3cnc4ccccc4c3=O)CC2)c1C. The summed E-state index contributed by atoms with van der Waals surface area (Å²) in [7, 11) is 0. The highest BCUT2D eigenvalue weighted by atomic mass is 16.2. The van der Waals surface area contributed by atoms with Crippen LogP contribution in [0, 0.1) is 19.8 Å².